The largest absolute Gasteiger partial charge is 0.460 e. The Morgan fingerprint density at radius 2 is 1.74 bits per heavy atom. The Morgan fingerprint density at radius 1 is 1.11 bits per heavy atom. The lowest BCUT2D eigenvalue weighted by atomic mass is 9.75. The van der Waals surface area contributed by atoms with Gasteiger partial charge in [-0.3, -0.25) is 4.79 Å². The lowest BCUT2D eigenvalue weighted by molar-refractivity contribution is -0.161. The summed E-state index contributed by atoms with van der Waals surface area (Å²) < 4.78 is 5.59. The summed E-state index contributed by atoms with van der Waals surface area (Å²) in [7, 11) is 0. The normalized spacial score (nSPS) is 23.9. The Balaban J connectivity index is 2.15. The predicted octanol–water partition coefficient (Wildman–Crippen LogP) is 4.30. The molecule has 0 aromatic heterocycles. The Labute approximate surface area is 116 Å². The number of ether oxygens (including phenoxy) is 1. The molecule has 2 rings (SSSR count). The molecule has 0 amide bonds. The predicted molar refractivity (Wildman–Crippen MR) is 77.0 cm³/mol. The lowest BCUT2D eigenvalue weighted by Gasteiger charge is -2.32. The highest BCUT2D eigenvalue weighted by Gasteiger charge is 2.34. The van der Waals surface area contributed by atoms with Crippen molar-refractivity contribution in [3.8, 4) is 0 Å². The summed E-state index contributed by atoms with van der Waals surface area (Å²) in [4.78, 5) is 12.4. The molecular formula is C17H24O2. The van der Waals surface area contributed by atoms with E-state index in [1.807, 2.05) is 26.8 Å². The molecule has 104 valence electrons. The number of hydrogen-bond acceptors (Lipinski definition) is 2. The topological polar surface area (TPSA) is 26.3 Å². The number of carbonyl (C=O) groups excluding carboxylic acids is 1. The van der Waals surface area contributed by atoms with Gasteiger partial charge in [0.15, 0.2) is 0 Å². The molecule has 0 radical (unpaired) electrons. The van der Waals surface area contributed by atoms with Gasteiger partial charge in [-0.1, -0.05) is 43.2 Å². The average Bonchev–Trinajstić information content (AvgIpc) is 2.38. The molecule has 1 aromatic rings. The Hall–Kier alpha value is -1.31. The van der Waals surface area contributed by atoms with Gasteiger partial charge in [0.05, 0.1) is 5.92 Å². The minimum Gasteiger partial charge on any atom is -0.460 e. The van der Waals surface area contributed by atoms with Gasteiger partial charge in [-0.25, -0.2) is 0 Å². The van der Waals surface area contributed by atoms with Crippen LogP contribution in [0.15, 0.2) is 30.3 Å². The summed E-state index contributed by atoms with van der Waals surface area (Å²) in [6.07, 6.45) is 4.38. The quantitative estimate of drug-likeness (QED) is 0.741. The van der Waals surface area contributed by atoms with Crippen LogP contribution in [-0.2, 0) is 9.53 Å². The molecule has 2 nitrogen and oxygen atoms in total. The Bertz CT molecular complexity index is 417. The van der Waals surface area contributed by atoms with Crippen LogP contribution in [-0.4, -0.2) is 11.6 Å². The van der Waals surface area contributed by atoms with E-state index in [1.165, 1.54) is 12.0 Å². The lowest BCUT2D eigenvalue weighted by Crippen LogP contribution is -2.33. The first-order valence-corrected chi connectivity index (χ1v) is 7.25. The molecule has 1 fully saturated rings. The average molecular weight is 260 g/mol. The van der Waals surface area contributed by atoms with Crippen molar-refractivity contribution in [2.24, 2.45) is 5.92 Å². The van der Waals surface area contributed by atoms with Crippen LogP contribution in [0.25, 0.3) is 0 Å². The van der Waals surface area contributed by atoms with Crippen molar-refractivity contribution >= 4 is 5.97 Å². The van der Waals surface area contributed by atoms with Gasteiger partial charge in [0.25, 0.3) is 0 Å². The van der Waals surface area contributed by atoms with Crippen molar-refractivity contribution in [1.29, 1.82) is 0 Å². The van der Waals surface area contributed by atoms with Gasteiger partial charge in [0.2, 0.25) is 0 Å². The van der Waals surface area contributed by atoms with E-state index in [9.17, 15) is 4.79 Å². The first-order valence-electron chi connectivity index (χ1n) is 7.25. The molecule has 0 saturated heterocycles. The number of esters is 1. The standard InChI is InChI=1S/C17H24O2/c1-17(2,3)19-16(18)15-12-8-7-11-14(15)13-9-5-4-6-10-13/h4-6,9-10,14-15H,7-8,11-12H2,1-3H3. The van der Waals surface area contributed by atoms with E-state index in [0.29, 0.717) is 5.92 Å². The molecule has 2 heteroatoms. The summed E-state index contributed by atoms with van der Waals surface area (Å²) in [6, 6.07) is 10.4. The van der Waals surface area contributed by atoms with Crippen LogP contribution in [0, 0.1) is 5.92 Å². The third-order valence-corrected chi connectivity index (χ3v) is 3.70. The fourth-order valence-electron chi connectivity index (χ4n) is 2.89. The molecule has 2 unspecified atom stereocenters. The molecule has 1 aliphatic rings. The molecule has 1 aromatic carbocycles. The third kappa shape index (κ3) is 3.82. The van der Waals surface area contributed by atoms with Crippen LogP contribution in [0.4, 0.5) is 0 Å². The second kappa shape index (κ2) is 5.77. The minimum atomic E-state index is -0.393. The molecule has 0 aliphatic heterocycles. The van der Waals surface area contributed by atoms with Crippen LogP contribution in [0.2, 0.25) is 0 Å². The highest BCUT2D eigenvalue weighted by molar-refractivity contribution is 5.74. The molecular weight excluding hydrogens is 236 g/mol. The fraction of sp³-hybridized carbons (Fsp3) is 0.588. The smallest absolute Gasteiger partial charge is 0.310 e. The van der Waals surface area contributed by atoms with E-state index >= 15 is 0 Å². The minimum absolute atomic E-state index is 0.0235. The highest BCUT2D eigenvalue weighted by Crippen LogP contribution is 2.38. The molecule has 0 N–H and O–H groups in total. The van der Waals surface area contributed by atoms with E-state index in [0.717, 1.165) is 19.3 Å². The van der Waals surface area contributed by atoms with Gasteiger partial charge in [-0.2, -0.15) is 0 Å². The number of carbonyl (C=O) groups is 1. The fourth-order valence-corrected chi connectivity index (χ4v) is 2.89. The molecule has 2 atom stereocenters. The van der Waals surface area contributed by atoms with Gasteiger partial charge in [-0.15, -0.1) is 0 Å². The van der Waals surface area contributed by atoms with Crippen LogP contribution in [0.3, 0.4) is 0 Å². The zero-order valence-corrected chi connectivity index (χ0v) is 12.2. The molecule has 0 bridgehead atoms. The monoisotopic (exact) mass is 260 g/mol. The van der Waals surface area contributed by atoms with Gasteiger partial charge >= 0.3 is 5.97 Å². The maximum absolute atomic E-state index is 12.4. The van der Waals surface area contributed by atoms with Gasteiger partial charge in [0, 0.05) is 0 Å². The van der Waals surface area contributed by atoms with Crippen LogP contribution >= 0.6 is 0 Å². The van der Waals surface area contributed by atoms with Crippen molar-refractivity contribution in [3.63, 3.8) is 0 Å². The maximum Gasteiger partial charge on any atom is 0.310 e. The van der Waals surface area contributed by atoms with E-state index in [-0.39, 0.29) is 11.9 Å². The first kappa shape index (κ1) is 14.1. The van der Waals surface area contributed by atoms with Crippen molar-refractivity contribution in [1.82, 2.24) is 0 Å². The van der Waals surface area contributed by atoms with Crippen LogP contribution < -0.4 is 0 Å². The zero-order chi connectivity index (χ0) is 13.9. The maximum atomic E-state index is 12.4. The van der Waals surface area contributed by atoms with E-state index in [2.05, 4.69) is 24.3 Å². The molecule has 0 heterocycles. The SMILES string of the molecule is CC(C)(C)OC(=O)C1CCCCC1c1ccccc1. The summed E-state index contributed by atoms with van der Waals surface area (Å²) in [5, 5.41) is 0. The van der Waals surface area contributed by atoms with Crippen molar-refractivity contribution in [2.75, 3.05) is 0 Å². The Kier molecular flexibility index (Phi) is 4.28. The van der Waals surface area contributed by atoms with Crippen LogP contribution in [0.1, 0.15) is 57.9 Å². The molecule has 1 aliphatic carbocycles. The summed E-state index contributed by atoms with van der Waals surface area (Å²) in [5.74, 6) is 0.321. The summed E-state index contributed by atoms with van der Waals surface area (Å²) >= 11 is 0. The Morgan fingerprint density at radius 3 is 2.37 bits per heavy atom. The second-order valence-electron chi connectivity index (χ2n) is 6.44. The third-order valence-electron chi connectivity index (χ3n) is 3.70. The zero-order valence-electron chi connectivity index (χ0n) is 12.2. The second-order valence-corrected chi connectivity index (χ2v) is 6.44. The highest BCUT2D eigenvalue weighted by atomic mass is 16.6. The van der Waals surface area contributed by atoms with E-state index < -0.39 is 5.60 Å². The molecule has 0 spiro atoms. The van der Waals surface area contributed by atoms with E-state index in [4.69, 9.17) is 4.74 Å². The van der Waals surface area contributed by atoms with Crippen molar-refractivity contribution in [3.05, 3.63) is 35.9 Å². The van der Waals surface area contributed by atoms with Crippen molar-refractivity contribution < 1.29 is 9.53 Å². The molecule has 19 heavy (non-hydrogen) atoms. The summed E-state index contributed by atoms with van der Waals surface area (Å²) in [5.41, 5.74) is 0.883. The number of benzene rings is 1. The number of hydrogen-bond donors (Lipinski definition) is 0. The van der Waals surface area contributed by atoms with Gasteiger partial charge < -0.3 is 4.74 Å². The molecule has 1 saturated carbocycles. The van der Waals surface area contributed by atoms with Gasteiger partial charge in [-0.05, 0) is 45.1 Å². The number of rotatable bonds is 2. The van der Waals surface area contributed by atoms with Crippen molar-refractivity contribution in [2.45, 2.75) is 58.0 Å². The first-order chi connectivity index (χ1) is 8.97. The summed E-state index contributed by atoms with van der Waals surface area (Å²) in [6.45, 7) is 5.81. The van der Waals surface area contributed by atoms with Crippen LogP contribution in [0.5, 0.6) is 0 Å². The van der Waals surface area contributed by atoms with E-state index in [1.54, 1.807) is 0 Å². The van der Waals surface area contributed by atoms with Gasteiger partial charge in [0.1, 0.15) is 5.60 Å².